The highest BCUT2D eigenvalue weighted by Gasteiger charge is 2.61. The lowest BCUT2D eigenvalue weighted by Gasteiger charge is -2.46. The second-order valence-corrected chi connectivity index (χ2v) is 11.0. The van der Waals surface area contributed by atoms with Gasteiger partial charge >= 0.3 is 6.18 Å². The van der Waals surface area contributed by atoms with E-state index in [2.05, 4.69) is 16.4 Å². The van der Waals surface area contributed by atoms with Crippen molar-refractivity contribution in [3.63, 3.8) is 0 Å². The van der Waals surface area contributed by atoms with Crippen LogP contribution in [0.1, 0.15) is 77.9 Å². The van der Waals surface area contributed by atoms with Gasteiger partial charge in [-0.25, -0.2) is 9.37 Å². The van der Waals surface area contributed by atoms with E-state index < -0.39 is 29.2 Å². The molecule has 3 aromatic rings. The average molecular weight is 601 g/mol. The number of aryl methyl sites for hydroxylation is 1. The summed E-state index contributed by atoms with van der Waals surface area (Å²) in [6.07, 6.45) is -3.16. The number of benzene rings is 2. The number of carbonyl (C=O) groups excluding carboxylic acids is 2. The first kappa shape index (κ1) is 31.0. The van der Waals surface area contributed by atoms with Crippen molar-refractivity contribution < 1.29 is 27.2 Å². The molecule has 1 aliphatic carbocycles. The fraction of sp³-hybridized carbons (Fsp3) is 0.355. The predicted octanol–water partition coefficient (Wildman–Crippen LogP) is 7.39. The van der Waals surface area contributed by atoms with Crippen LogP contribution in [0.3, 0.4) is 0 Å². The Balaban J connectivity index is 1.80. The van der Waals surface area contributed by atoms with Crippen molar-refractivity contribution in [1.29, 1.82) is 5.26 Å². The number of nitrogens with two attached hydrogens (primary N) is 1. The highest BCUT2D eigenvalue weighted by atomic mass is 35.5. The van der Waals surface area contributed by atoms with E-state index >= 15 is 0 Å². The minimum Gasteiger partial charge on any atom is -0.364 e. The van der Waals surface area contributed by atoms with Crippen molar-refractivity contribution in [2.24, 2.45) is 17.1 Å². The molecule has 220 valence electrons. The molecule has 0 saturated heterocycles. The van der Waals surface area contributed by atoms with Gasteiger partial charge in [0.15, 0.2) is 0 Å². The quantitative estimate of drug-likeness (QED) is 0.250. The summed E-state index contributed by atoms with van der Waals surface area (Å²) in [5.74, 6) is -3.08. The SMILES string of the molecule is CC[C@@H](CCc1cccc(C#N)c1)/C(C)=C(/NC(=O)c1cc(C(N)=O)nc2cc(F)c(Cl)cc12)C1(C(F)(F)F)CCC1. The second-order valence-electron chi connectivity index (χ2n) is 10.6. The molecule has 1 atom stereocenters. The first-order valence-electron chi connectivity index (χ1n) is 13.5. The molecular formula is C31H29ClF4N4O2. The lowest BCUT2D eigenvalue weighted by molar-refractivity contribution is -0.236. The van der Waals surface area contributed by atoms with Gasteiger partial charge in [-0.1, -0.05) is 37.1 Å². The number of halogens is 5. The van der Waals surface area contributed by atoms with Crippen molar-refractivity contribution >= 4 is 34.3 Å². The topological polar surface area (TPSA) is 109 Å². The van der Waals surface area contributed by atoms with Crippen molar-refractivity contribution in [3.05, 3.63) is 87.0 Å². The molecule has 0 spiro atoms. The van der Waals surface area contributed by atoms with E-state index in [1.807, 2.05) is 13.0 Å². The summed E-state index contributed by atoms with van der Waals surface area (Å²) in [7, 11) is 0. The van der Waals surface area contributed by atoms with Gasteiger partial charge in [-0.2, -0.15) is 18.4 Å². The maximum absolute atomic E-state index is 14.7. The number of allylic oxidation sites excluding steroid dienone is 2. The van der Waals surface area contributed by atoms with Crippen LogP contribution < -0.4 is 11.1 Å². The van der Waals surface area contributed by atoms with Gasteiger partial charge in [0.25, 0.3) is 11.8 Å². The Hall–Kier alpha value is -3.97. The fourth-order valence-corrected chi connectivity index (χ4v) is 5.75. The third-order valence-electron chi connectivity index (χ3n) is 8.15. The molecule has 42 heavy (non-hydrogen) atoms. The second kappa shape index (κ2) is 12.1. The highest BCUT2D eigenvalue weighted by Crippen LogP contribution is 2.58. The Morgan fingerprint density at radius 2 is 1.93 bits per heavy atom. The molecule has 1 fully saturated rings. The predicted molar refractivity (Wildman–Crippen MR) is 151 cm³/mol. The molecule has 0 bridgehead atoms. The fourth-order valence-electron chi connectivity index (χ4n) is 5.59. The van der Waals surface area contributed by atoms with Crippen LogP contribution in [-0.4, -0.2) is 23.0 Å². The zero-order valence-corrected chi connectivity index (χ0v) is 23.8. The van der Waals surface area contributed by atoms with E-state index in [1.54, 1.807) is 25.1 Å². The third kappa shape index (κ3) is 5.97. The van der Waals surface area contributed by atoms with Gasteiger partial charge in [0.05, 0.1) is 27.7 Å². The third-order valence-corrected chi connectivity index (χ3v) is 8.44. The molecule has 2 aromatic carbocycles. The van der Waals surface area contributed by atoms with Gasteiger partial charge in [0, 0.05) is 17.1 Å². The molecular weight excluding hydrogens is 572 g/mol. The maximum atomic E-state index is 14.7. The van der Waals surface area contributed by atoms with E-state index in [4.69, 9.17) is 17.3 Å². The summed E-state index contributed by atoms with van der Waals surface area (Å²) < 4.78 is 58.3. The van der Waals surface area contributed by atoms with E-state index in [0.717, 1.165) is 23.8 Å². The van der Waals surface area contributed by atoms with E-state index in [-0.39, 0.29) is 51.6 Å². The van der Waals surface area contributed by atoms with Crippen LogP contribution in [0.2, 0.25) is 5.02 Å². The lowest BCUT2D eigenvalue weighted by Crippen LogP contribution is -2.51. The van der Waals surface area contributed by atoms with Crippen molar-refractivity contribution in [3.8, 4) is 6.07 Å². The number of rotatable bonds is 9. The van der Waals surface area contributed by atoms with E-state index in [9.17, 15) is 32.4 Å². The molecule has 0 unspecified atom stereocenters. The number of aromatic nitrogens is 1. The van der Waals surface area contributed by atoms with Gasteiger partial charge < -0.3 is 11.1 Å². The highest BCUT2D eigenvalue weighted by molar-refractivity contribution is 6.31. The number of amides is 2. The van der Waals surface area contributed by atoms with Crippen LogP contribution in [0, 0.1) is 28.5 Å². The molecule has 11 heteroatoms. The summed E-state index contributed by atoms with van der Waals surface area (Å²) in [6.45, 7) is 3.47. The van der Waals surface area contributed by atoms with Crippen molar-refractivity contribution in [2.75, 3.05) is 0 Å². The first-order valence-corrected chi connectivity index (χ1v) is 13.9. The van der Waals surface area contributed by atoms with Crippen molar-refractivity contribution in [2.45, 2.75) is 58.5 Å². The van der Waals surface area contributed by atoms with Gasteiger partial charge in [0.2, 0.25) is 0 Å². The molecule has 1 heterocycles. The Morgan fingerprint density at radius 3 is 2.50 bits per heavy atom. The summed E-state index contributed by atoms with van der Waals surface area (Å²) in [6, 6.07) is 12.3. The Bertz CT molecular complexity index is 1620. The number of pyridine rings is 1. The number of hydrogen-bond donors (Lipinski definition) is 2. The molecule has 4 rings (SSSR count). The molecule has 0 radical (unpaired) electrons. The number of nitrogens with one attached hydrogen (secondary N) is 1. The molecule has 0 aliphatic heterocycles. The minimum absolute atomic E-state index is 0.0555. The van der Waals surface area contributed by atoms with E-state index in [0.29, 0.717) is 36.8 Å². The number of fused-ring (bicyclic) bond motifs is 1. The van der Waals surface area contributed by atoms with Crippen LogP contribution in [0.15, 0.2) is 53.7 Å². The van der Waals surface area contributed by atoms with Crippen LogP contribution in [0.5, 0.6) is 0 Å². The molecule has 6 nitrogen and oxygen atoms in total. The summed E-state index contributed by atoms with van der Waals surface area (Å²) >= 11 is 5.95. The smallest absolute Gasteiger partial charge is 0.364 e. The van der Waals surface area contributed by atoms with Crippen LogP contribution in [-0.2, 0) is 6.42 Å². The molecule has 1 saturated carbocycles. The minimum atomic E-state index is -4.64. The van der Waals surface area contributed by atoms with Gasteiger partial charge in [-0.05, 0) is 80.3 Å². The summed E-state index contributed by atoms with van der Waals surface area (Å²) in [5.41, 5.74) is 4.02. The first-order chi connectivity index (χ1) is 19.8. The Morgan fingerprint density at radius 1 is 1.21 bits per heavy atom. The monoisotopic (exact) mass is 600 g/mol. The number of nitriles is 1. The molecule has 2 amide bonds. The van der Waals surface area contributed by atoms with Crippen LogP contribution in [0.25, 0.3) is 10.9 Å². The van der Waals surface area contributed by atoms with Crippen LogP contribution >= 0.6 is 11.6 Å². The van der Waals surface area contributed by atoms with Gasteiger partial charge in [-0.3, -0.25) is 9.59 Å². The summed E-state index contributed by atoms with van der Waals surface area (Å²) in [4.78, 5) is 29.7. The number of alkyl halides is 3. The number of carbonyl (C=O) groups is 2. The maximum Gasteiger partial charge on any atom is 0.399 e. The number of hydrogen-bond acceptors (Lipinski definition) is 4. The zero-order valence-electron chi connectivity index (χ0n) is 23.0. The van der Waals surface area contributed by atoms with Gasteiger partial charge in [0.1, 0.15) is 16.9 Å². The standard InChI is InChI=1S/C31H29ClF4N4O2/c1-3-20(9-8-18-6-4-7-19(12-18)16-37)17(2)27(30(10-5-11-30)31(34,35)36)40-29(42)22-14-26(28(38)41)39-25-15-24(33)23(32)13-21(22)25/h4,6-7,12-15,20H,3,5,8-11H2,1-2H3,(H2,38,41)(H,40,42)/b27-17+/t20-/m0/s1. The molecule has 1 aliphatic rings. The zero-order chi connectivity index (χ0) is 30.8. The van der Waals surface area contributed by atoms with E-state index in [1.165, 1.54) is 0 Å². The summed E-state index contributed by atoms with van der Waals surface area (Å²) in [5, 5.41) is 11.5. The van der Waals surface area contributed by atoms with Crippen molar-refractivity contribution in [1.82, 2.24) is 10.3 Å². The number of nitrogens with zero attached hydrogens (tertiary/aromatic N) is 2. The van der Waals surface area contributed by atoms with Gasteiger partial charge in [-0.15, -0.1) is 0 Å². The Labute approximate surface area is 245 Å². The lowest BCUT2D eigenvalue weighted by atomic mass is 9.63. The van der Waals surface area contributed by atoms with Crippen LogP contribution in [0.4, 0.5) is 17.6 Å². The molecule has 1 aromatic heterocycles. The average Bonchev–Trinajstić information content (AvgIpc) is 2.91. The number of primary amides is 1. The largest absolute Gasteiger partial charge is 0.399 e. The molecule has 3 N–H and O–H groups in total. The Kier molecular flexibility index (Phi) is 8.92. The normalized spacial score (nSPS) is 15.8.